The van der Waals surface area contributed by atoms with Crippen LogP contribution in [0.3, 0.4) is 0 Å². The van der Waals surface area contributed by atoms with E-state index in [-0.39, 0.29) is 0 Å². The number of hydrogen-bond acceptors (Lipinski definition) is 4. The molecule has 0 bridgehead atoms. The van der Waals surface area contributed by atoms with E-state index in [0.717, 1.165) is 41.5 Å². The molecule has 19 heavy (non-hydrogen) atoms. The van der Waals surface area contributed by atoms with Gasteiger partial charge in [0, 0.05) is 12.1 Å². The zero-order valence-corrected chi connectivity index (χ0v) is 10.8. The smallest absolute Gasteiger partial charge is 0.132 e. The van der Waals surface area contributed by atoms with Crippen molar-refractivity contribution < 1.29 is 4.74 Å². The summed E-state index contributed by atoms with van der Waals surface area (Å²) in [4.78, 5) is 4.43. The number of hydrogen-bond donors (Lipinski definition) is 2. The second-order valence-electron chi connectivity index (χ2n) is 4.27. The normalized spacial score (nSPS) is 14.1. The zero-order chi connectivity index (χ0) is 13.1. The minimum absolute atomic E-state index is 0.676. The summed E-state index contributed by atoms with van der Waals surface area (Å²) in [5, 5.41) is 10.4. The van der Waals surface area contributed by atoms with Crippen molar-refractivity contribution in [2.75, 3.05) is 19.7 Å². The predicted molar refractivity (Wildman–Crippen MR) is 74.6 cm³/mol. The lowest BCUT2D eigenvalue weighted by atomic mass is 10.1. The van der Waals surface area contributed by atoms with Gasteiger partial charge >= 0.3 is 0 Å². The fourth-order valence-corrected chi connectivity index (χ4v) is 2.15. The molecule has 0 saturated heterocycles. The molecule has 2 N–H and O–H groups in total. The largest absolute Gasteiger partial charge is 0.494 e. The minimum atomic E-state index is 0.676. The molecule has 1 aromatic heterocycles. The van der Waals surface area contributed by atoms with Crippen LogP contribution in [0.2, 0.25) is 0 Å². The zero-order valence-electron chi connectivity index (χ0n) is 10.8. The van der Waals surface area contributed by atoms with Crippen LogP contribution < -0.4 is 10.1 Å². The van der Waals surface area contributed by atoms with E-state index < -0.39 is 0 Å². The number of nitrogens with zero attached hydrogens (tertiary/aromatic N) is 2. The van der Waals surface area contributed by atoms with Crippen LogP contribution in [-0.4, -0.2) is 35.7 Å². The van der Waals surface area contributed by atoms with Gasteiger partial charge in [-0.3, -0.25) is 10.1 Å². The van der Waals surface area contributed by atoms with Gasteiger partial charge in [0.25, 0.3) is 0 Å². The second-order valence-corrected chi connectivity index (χ2v) is 4.27. The molecule has 0 fully saturated rings. The van der Waals surface area contributed by atoms with E-state index in [0.29, 0.717) is 6.61 Å². The topological polar surface area (TPSA) is 62.3 Å². The van der Waals surface area contributed by atoms with Crippen molar-refractivity contribution in [3.05, 3.63) is 36.0 Å². The van der Waals surface area contributed by atoms with E-state index >= 15 is 0 Å². The number of H-pyrrole nitrogens is 1. The third-order valence-corrected chi connectivity index (χ3v) is 3.02. The Morgan fingerprint density at radius 2 is 2.11 bits per heavy atom. The minimum Gasteiger partial charge on any atom is -0.494 e. The van der Waals surface area contributed by atoms with Crippen molar-refractivity contribution >= 4 is 5.84 Å². The Hall–Kier alpha value is -2.30. The molecule has 5 heteroatoms. The molecule has 0 radical (unpaired) electrons. The number of nitrogens with one attached hydrogen (secondary N) is 2. The first kappa shape index (κ1) is 11.8. The highest BCUT2D eigenvalue weighted by molar-refractivity contribution is 6.04. The molecular formula is C14H16N4O. The van der Waals surface area contributed by atoms with Gasteiger partial charge in [0.05, 0.1) is 30.6 Å². The molecule has 0 unspecified atom stereocenters. The molecule has 0 saturated carbocycles. The first-order chi connectivity index (χ1) is 9.38. The molecule has 1 aromatic carbocycles. The summed E-state index contributed by atoms with van der Waals surface area (Å²) >= 11 is 0. The van der Waals surface area contributed by atoms with Gasteiger partial charge in [0.2, 0.25) is 0 Å². The summed E-state index contributed by atoms with van der Waals surface area (Å²) in [6.45, 7) is 4.37. The lowest BCUT2D eigenvalue weighted by Crippen LogP contribution is -2.19. The fraction of sp³-hybridized carbons (Fsp3) is 0.286. The van der Waals surface area contributed by atoms with Gasteiger partial charge in [-0.05, 0) is 31.2 Å². The third kappa shape index (κ3) is 2.31. The molecule has 98 valence electrons. The Labute approximate surface area is 111 Å². The Bertz CT molecular complexity index is 586. The highest BCUT2D eigenvalue weighted by atomic mass is 16.5. The van der Waals surface area contributed by atoms with Crippen LogP contribution in [0, 0.1) is 0 Å². The summed E-state index contributed by atoms with van der Waals surface area (Å²) < 4.78 is 5.45. The fourth-order valence-electron chi connectivity index (χ4n) is 2.15. The summed E-state index contributed by atoms with van der Waals surface area (Å²) in [6.07, 6.45) is 1.81. The average Bonchev–Trinajstić information content (AvgIpc) is 3.11. The highest BCUT2D eigenvalue weighted by Crippen LogP contribution is 2.24. The van der Waals surface area contributed by atoms with Crippen LogP contribution in [0.15, 0.2) is 35.5 Å². The highest BCUT2D eigenvalue weighted by Gasteiger charge is 2.15. The van der Waals surface area contributed by atoms with Crippen LogP contribution in [0.25, 0.3) is 11.3 Å². The molecule has 1 aliphatic rings. The van der Waals surface area contributed by atoms with E-state index in [2.05, 4.69) is 20.5 Å². The quantitative estimate of drug-likeness (QED) is 0.877. The van der Waals surface area contributed by atoms with Crippen molar-refractivity contribution in [2.45, 2.75) is 6.92 Å². The van der Waals surface area contributed by atoms with Gasteiger partial charge in [0.15, 0.2) is 0 Å². The summed E-state index contributed by atoms with van der Waals surface area (Å²) in [7, 11) is 0. The number of aliphatic imine (C=N–C) groups is 1. The maximum absolute atomic E-state index is 5.45. The van der Waals surface area contributed by atoms with Gasteiger partial charge in [0.1, 0.15) is 11.6 Å². The van der Waals surface area contributed by atoms with Crippen molar-refractivity contribution in [3.63, 3.8) is 0 Å². The standard InChI is InChI=1S/C14H16N4O/c1-2-19-11-5-3-10(4-6-11)13-12(9-17-18-13)14-15-7-8-16-14/h3-6,9H,2,7-8H2,1H3,(H,15,16)(H,17,18). The Morgan fingerprint density at radius 1 is 1.26 bits per heavy atom. The number of amidine groups is 1. The van der Waals surface area contributed by atoms with Crippen LogP contribution in [-0.2, 0) is 0 Å². The Morgan fingerprint density at radius 3 is 2.79 bits per heavy atom. The molecule has 0 aliphatic carbocycles. The molecule has 2 heterocycles. The van der Waals surface area contributed by atoms with Gasteiger partial charge in [-0.1, -0.05) is 0 Å². The van der Waals surface area contributed by atoms with Crippen LogP contribution in [0.4, 0.5) is 0 Å². The van der Waals surface area contributed by atoms with E-state index in [9.17, 15) is 0 Å². The predicted octanol–water partition coefficient (Wildman–Crippen LogP) is 1.83. The third-order valence-electron chi connectivity index (χ3n) is 3.02. The SMILES string of the molecule is CCOc1ccc(-c2[nH]ncc2C2=NCCN2)cc1. The monoisotopic (exact) mass is 256 g/mol. The molecule has 1 aliphatic heterocycles. The summed E-state index contributed by atoms with van der Waals surface area (Å²) in [5.41, 5.74) is 3.07. The molecule has 0 spiro atoms. The van der Waals surface area contributed by atoms with Crippen LogP contribution >= 0.6 is 0 Å². The number of aromatic amines is 1. The summed E-state index contributed by atoms with van der Waals surface area (Å²) in [6, 6.07) is 7.98. The molecule has 0 atom stereocenters. The van der Waals surface area contributed by atoms with Crippen LogP contribution in [0.1, 0.15) is 12.5 Å². The van der Waals surface area contributed by atoms with Gasteiger partial charge in [-0.15, -0.1) is 0 Å². The number of ether oxygens (including phenoxy) is 1. The Kier molecular flexibility index (Phi) is 3.18. The summed E-state index contributed by atoms with van der Waals surface area (Å²) in [5.74, 6) is 1.79. The van der Waals surface area contributed by atoms with Crippen molar-refractivity contribution in [3.8, 4) is 17.0 Å². The second kappa shape index (κ2) is 5.14. The van der Waals surface area contributed by atoms with Gasteiger partial charge in [-0.2, -0.15) is 5.10 Å². The maximum Gasteiger partial charge on any atom is 0.132 e. The van der Waals surface area contributed by atoms with E-state index in [1.807, 2.05) is 37.4 Å². The molecular weight excluding hydrogens is 240 g/mol. The molecule has 0 amide bonds. The van der Waals surface area contributed by atoms with E-state index in [1.165, 1.54) is 0 Å². The lowest BCUT2D eigenvalue weighted by molar-refractivity contribution is 0.340. The van der Waals surface area contributed by atoms with Gasteiger partial charge in [-0.25, -0.2) is 0 Å². The maximum atomic E-state index is 5.45. The van der Waals surface area contributed by atoms with E-state index in [4.69, 9.17) is 4.74 Å². The van der Waals surface area contributed by atoms with Gasteiger partial charge < -0.3 is 10.1 Å². The number of benzene rings is 1. The number of aromatic nitrogens is 2. The molecule has 5 nitrogen and oxygen atoms in total. The Balaban J connectivity index is 1.91. The average molecular weight is 256 g/mol. The van der Waals surface area contributed by atoms with Crippen molar-refractivity contribution in [1.82, 2.24) is 15.5 Å². The first-order valence-corrected chi connectivity index (χ1v) is 6.44. The van der Waals surface area contributed by atoms with Crippen molar-refractivity contribution in [2.24, 2.45) is 4.99 Å². The number of rotatable bonds is 4. The molecule has 2 aromatic rings. The van der Waals surface area contributed by atoms with E-state index in [1.54, 1.807) is 0 Å². The molecule has 3 rings (SSSR count). The lowest BCUT2D eigenvalue weighted by Gasteiger charge is -2.06. The van der Waals surface area contributed by atoms with Crippen molar-refractivity contribution in [1.29, 1.82) is 0 Å². The first-order valence-electron chi connectivity index (χ1n) is 6.44. The van der Waals surface area contributed by atoms with Crippen LogP contribution in [0.5, 0.6) is 5.75 Å².